The van der Waals surface area contributed by atoms with E-state index >= 15 is 0 Å². The molecule has 1 unspecified atom stereocenters. The number of hydrogen-bond acceptors (Lipinski definition) is 2. The molecule has 0 bridgehead atoms. The molecule has 2 nitrogen and oxygen atoms in total. The first kappa shape index (κ1) is 6.45. The lowest BCUT2D eigenvalue weighted by atomic mass is 10.6. The molecule has 1 saturated heterocycles. The van der Waals surface area contributed by atoms with Gasteiger partial charge < -0.3 is 5.32 Å². The van der Waals surface area contributed by atoms with E-state index in [9.17, 15) is 4.21 Å². The van der Waals surface area contributed by atoms with Gasteiger partial charge in [-0.1, -0.05) is 9.45 Å². The van der Waals surface area contributed by atoms with Crippen molar-refractivity contribution in [1.29, 1.82) is 0 Å². The normalized spacial score (nSPS) is 23.0. The van der Waals surface area contributed by atoms with Gasteiger partial charge in [-0.3, -0.25) is 0 Å². The maximum absolute atomic E-state index is 10.2. The lowest BCUT2D eigenvalue weighted by Gasteiger charge is -2.11. The number of hydrogen-bond donors (Lipinski definition) is 1. The van der Waals surface area contributed by atoms with E-state index in [-0.39, 0.29) is 9.45 Å². The quantitative estimate of drug-likeness (QED) is 0.504. The van der Waals surface area contributed by atoms with Crippen LogP contribution in [0.25, 0.3) is 0 Å². The molecular weight excluding hydrogens is 142 g/mol. The molecular formula is C4H8NOS2. The molecule has 0 aromatic rings. The number of nitrogens with one attached hydrogen (secondary N) is 1. The summed E-state index contributed by atoms with van der Waals surface area (Å²) in [5.41, 5.74) is 0. The van der Waals surface area contributed by atoms with Crippen LogP contribution in [0.15, 0.2) is 0 Å². The summed E-state index contributed by atoms with van der Waals surface area (Å²) in [6, 6.07) is 0. The van der Waals surface area contributed by atoms with Crippen LogP contribution in [0.5, 0.6) is 0 Å². The second kappa shape index (κ2) is 3.37. The summed E-state index contributed by atoms with van der Waals surface area (Å²) in [4.78, 5) is 0. The van der Waals surface area contributed by atoms with Gasteiger partial charge in [-0.05, 0) is 0 Å². The lowest BCUT2D eigenvalue weighted by Crippen LogP contribution is -2.28. The zero-order valence-corrected chi connectivity index (χ0v) is 6.06. The maximum atomic E-state index is 10.2. The van der Waals surface area contributed by atoms with Crippen LogP contribution in [0.4, 0.5) is 0 Å². The van der Waals surface area contributed by atoms with E-state index in [4.69, 9.17) is 0 Å². The van der Waals surface area contributed by atoms with Crippen LogP contribution < -0.4 is 5.32 Å². The van der Waals surface area contributed by atoms with E-state index in [1.54, 1.807) is 0 Å². The van der Waals surface area contributed by atoms with Gasteiger partial charge in [0.2, 0.25) is 0 Å². The van der Waals surface area contributed by atoms with Gasteiger partial charge in [0.1, 0.15) is 10.2 Å². The SMILES string of the molecule is O=S=S1[CH]CNCC1. The summed E-state index contributed by atoms with van der Waals surface area (Å²) in [6.45, 7) is 1.92. The van der Waals surface area contributed by atoms with Crippen molar-refractivity contribution >= 4 is 19.7 Å². The second-order valence-electron chi connectivity index (χ2n) is 1.52. The zero-order valence-electron chi connectivity index (χ0n) is 4.42. The molecule has 1 N–H and O–H groups in total. The summed E-state index contributed by atoms with van der Waals surface area (Å²) >= 11 is 0. The lowest BCUT2D eigenvalue weighted by molar-refractivity contribution is 0.701. The van der Waals surface area contributed by atoms with Gasteiger partial charge in [-0.2, -0.15) is 0 Å². The number of rotatable bonds is 0. The Bertz CT molecular complexity index is 122. The van der Waals surface area contributed by atoms with Crippen molar-refractivity contribution in [2.45, 2.75) is 0 Å². The van der Waals surface area contributed by atoms with Gasteiger partial charge in [0.25, 0.3) is 0 Å². The molecule has 0 amide bonds. The minimum Gasteiger partial charge on any atom is -0.315 e. The fraction of sp³-hybridized carbons (Fsp3) is 0.750. The summed E-state index contributed by atoms with van der Waals surface area (Å²) in [6.07, 6.45) is 0. The van der Waals surface area contributed by atoms with Gasteiger partial charge in [-0.15, -0.1) is 0 Å². The Morgan fingerprint density at radius 2 is 2.62 bits per heavy atom. The highest BCUT2D eigenvalue weighted by atomic mass is 32.8. The van der Waals surface area contributed by atoms with E-state index in [0.29, 0.717) is 0 Å². The van der Waals surface area contributed by atoms with Crippen molar-refractivity contribution in [3.05, 3.63) is 5.75 Å². The van der Waals surface area contributed by atoms with Crippen LogP contribution in [-0.4, -0.2) is 23.1 Å². The van der Waals surface area contributed by atoms with E-state index in [1.807, 2.05) is 0 Å². The topological polar surface area (TPSA) is 29.1 Å². The van der Waals surface area contributed by atoms with Gasteiger partial charge in [0, 0.05) is 24.6 Å². The largest absolute Gasteiger partial charge is 0.315 e. The van der Waals surface area contributed by atoms with E-state index in [2.05, 4.69) is 11.1 Å². The van der Waals surface area contributed by atoms with Gasteiger partial charge in [0.05, 0.1) is 0 Å². The molecule has 1 heterocycles. The fourth-order valence-electron chi connectivity index (χ4n) is 0.572. The Morgan fingerprint density at radius 3 is 3.00 bits per heavy atom. The van der Waals surface area contributed by atoms with Crippen LogP contribution in [0.2, 0.25) is 0 Å². The van der Waals surface area contributed by atoms with Crippen LogP contribution in [0, 0.1) is 5.75 Å². The zero-order chi connectivity index (χ0) is 5.82. The van der Waals surface area contributed by atoms with Crippen molar-refractivity contribution in [1.82, 2.24) is 5.32 Å². The van der Waals surface area contributed by atoms with Crippen molar-refractivity contribution < 1.29 is 4.21 Å². The molecule has 1 fully saturated rings. The molecule has 0 aromatic carbocycles. The van der Waals surface area contributed by atoms with Crippen molar-refractivity contribution in [3.63, 3.8) is 0 Å². The van der Waals surface area contributed by atoms with E-state index in [1.165, 1.54) is 0 Å². The Hall–Kier alpha value is 0.330. The minimum atomic E-state index is 0.0220. The standard InChI is InChI=1S/C4H8NOS2/c6-7-8-3-1-5-2-4-8/h3,5H,1-2,4H2. The Morgan fingerprint density at radius 1 is 1.75 bits per heavy atom. The Kier molecular flexibility index (Phi) is 2.72. The van der Waals surface area contributed by atoms with Gasteiger partial charge >= 0.3 is 0 Å². The highest BCUT2D eigenvalue weighted by Crippen LogP contribution is 1.92. The molecule has 47 valence electrons. The minimum absolute atomic E-state index is 0.0220. The first-order valence-corrected chi connectivity index (χ1v) is 5.19. The molecule has 0 aliphatic carbocycles. The van der Waals surface area contributed by atoms with E-state index < -0.39 is 0 Å². The smallest absolute Gasteiger partial charge is 0.121 e. The molecule has 4 heteroatoms. The molecule has 1 atom stereocenters. The summed E-state index contributed by atoms with van der Waals surface area (Å²) in [5, 5.41) is 3.15. The third-order valence-corrected chi connectivity index (χ3v) is 3.73. The third-order valence-electron chi connectivity index (χ3n) is 0.981. The average Bonchev–Trinajstić information content (AvgIpc) is 1.90. The maximum Gasteiger partial charge on any atom is 0.121 e. The average molecular weight is 150 g/mol. The first-order valence-electron chi connectivity index (χ1n) is 2.47. The predicted molar refractivity (Wildman–Crippen MR) is 37.5 cm³/mol. The third kappa shape index (κ3) is 1.69. The van der Waals surface area contributed by atoms with Crippen molar-refractivity contribution in [2.24, 2.45) is 0 Å². The molecule has 0 aromatic heterocycles. The predicted octanol–water partition coefficient (Wildman–Crippen LogP) is -0.502. The summed E-state index contributed by atoms with van der Waals surface area (Å²) < 4.78 is 10.2. The molecule has 1 aliphatic rings. The highest BCUT2D eigenvalue weighted by molar-refractivity contribution is 8.32. The molecule has 1 rings (SSSR count). The first-order chi connectivity index (χ1) is 3.93. The van der Waals surface area contributed by atoms with E-state index in [0.717, 1.165) is 29.1 Å². The van der Waals surface area contributed by atoms with Crippen LogP contribution in [-0.2, 0) is 19.7 Å². The molecule has 0 spiro atoms. The van der Waals surface area contributed by atoms with Gasteiger partial charge in [0.15, 0.2) is 0 Å². The van der Waals surface area contributed by atoms with Gasteiger partial charge in [-0.25, -0.2) is 4.21 Å². The molecule has 8 heavy (non-hydrogen) atoms. The van der Waals surface area contributed by atoms with Crippen LogP contribution >= 0.6 is 0 Å². The van der Waals surface area contributed by atoms with Crippen LogP contribution in [0.3, 0.4) is 0 Å². The van der Waals surface area contributed by atoms with Crippen LogP contribution in [0.1, 0.15) is 0 Å². The highest BCUT2D eigenvalue weighted by Gasteiger charge is 2.02. The Balaban J connectivity index is 2.45. The molecule has 0 saturated carbocycles. The molecule has 1 aliphatic heterocycles. The second-order valence-corrected chi connectivity index (χ2v) is 4.86. The monoisotopic (exact) mass is 150 g/mol. The molecule has 1 radical (unpaired) electrons. The Labute approximate surface area is 54.3 Å². The van der Waals surface area contributed by atoms with Crippen molar-refractivity contribution in [2.75, 3.05) is 18.8 Å². The van der Waals surface area contributed by atoms with Crippen molar-refractivity contribution in [3.8, 4) is 0 Å². The summed E-state index contributed by atoms with van der Waals surface area (Å²) in [5.74, 6) is 3.08. The fourth-order valence-corrected chi connectivity index (χ4v) is 2.34. The summed E-state index contributed by atoms with van der Waals surface area (Å²) in [7, 11) is 0.750.